The fourth-order valence-corrected chi connectivity index (χ4v) is 14.9. The SMILES string of the molecule is c1ccc(N2c3ccccc3C3(c4ccccc4-c4ccc(N(c5ccc(-c6ccc7sc8ccccc8c7c6)cc5)c5ccc6c(c5)C(c5ccccc5)(c5ccccc5)c5ccccc5-6)cc43)c3ccccc32)cc1. The molecule has 13 aromatic rings. The number of nitrogens with zero attached hydrogens (tertiary/aromatic N) is 2. The van der Waals surface area contributed by atoms with Gasteiger partial charge in [0.25, 0.3) is 0 Å². The van der Waals surface area contributed by atoms with E-state index < -0.39 is 10.8 Å². The lowest BCUT2D eigenvalue weighted by Gasteiger charge is -2.45. The van der Waals surface area contributed by atoms with Gasteiger partial charge in [0.2, 0.25) is 0 Å². The van der Waals surface area contributed by atoms with E-state index in [0.717, 1.165) is 22.7 Å². The molecule has 0 atom stereocenters. The van der Waals surface area contributed by atoms with Gasteiger partial charge in [-0.05, 0) is 157 Å². The lowest BCUT2D eigenvalue weighted by Crippen LogP contribution is -2.36. The Labute approximate surface area is 452 Å². The van der Waals surface area contributed by atoms with Crippen molar-refractivity contribution in [2.75, 3.05) is 9.80 Å². The van der Waals surface area contributed by atoms with Gasteiger partial charge in [-0.3, -0.25) is 0 Å². The maximum Gasteiger partial charge on any atom is 0.0755 e. The maximum absolute atomic E-state index is 2.52. The minimum Gasteiger partial charge on any atom is -0.310 e. The Balaban J connectivity index is 0.942. The average Bonchev–Trinajstić information content (AvgIpc) is 3.95. The highest BCUT2D eigenvalue weighted by Crippen LogP contribution is 2.64. The number of anilines is 6. The van der Waals surface area contributed by atoms with Crippen LogP contribution in [0.3, 0.4) is 0 Å². The standard InChI is InChI=1S/C74H48N2S/c1-4-20-51(21-5-1)73(52-22-6-2-7-23-52)63-29-13-10-26-57(63)59-43-41-55(47-67(59)73)75(54-39-36-49(37-40-54)50-38-45-72-62(46-50)61-28-12-19-35-71(61)77-72)56-42-44-60-58-27-11-14-30-64(58)74(68(60)48-56)65-31-15-17-33-69(65)76(53-24-8-3-9-25-53)70-34-18-16-32-66(70)74/h1-48H. The van der Waals surface area contributed by atoms with Gasteiger partial charge in [-0.25, -0.2) is 0 Å². The summed E-state index contributed by atoms with van der Waals surface area (Å²) < 4.78 is 2.63. The molecule has 77 heavy (non-hydrogen) atoms. The van der Waals surface area contributed by atoms with Crippen LogP contribution in [0, 0.1) is 0 Å². The Bertz CT molecular complexity index is 4370. The Morgan fingerprint density at radius 2 is 0.727 bits per heavy atom. The smallest absolute Gasteiger partial charge is 0.0755 e. The van der Waals surface area contributed by atoms with Crippen LogP contribution in [0.15, 0.2) is 291 Å². The van der Waals surface area contributed by atoms with Gasteiger partial charge in [-0.2, -0.15) is 0 Å². The number of fused-ring (bicyclic) bond motifs is 15. The summed E-state index contributed by atoms with van der Waals surface area (Å²) in [4.78, 5) is 4.97. The Morgan fingerprint density at radius 3 is 1.34 bits per heavy atom. The fourth-order valence-electron chi connectivity index (χ4n) is 13.8. The zero-order valence-corrected chi connectivity index (χ0v) is 42.8. The topological polar surface area (TPSA) is 6.48 Å². The van der Waals surface area contributed by atoms with E-state index in [1.54, 1.807) is 0 Å². The molecule has 2 aliphatic carbocycles. The molecule has 1 aliphatic heterocycles. The van der Waals surface area contributed by atoms with E-state index in [2.05, 4.69) is 301 Å². The minimum absolute atomic E-state index is 0.561. The number of para-hydroxylation sites is 3. The summed E-state index contributed by atoms with van der Waals surface area (Å²) in [5.74, 6) is 0. The van der Waals surface area contributed by atoms with E-state index in [9.17, 15) is 0 Å². The summed E-state index contributed by atoms with van der Waals surface area (Å²) in [6.45, 7) is 0. The third-order valence-electron chi connectivity index (χ3n) is 16.9. The first-order valence-electron chi connectivity index (χ1n) is 26.7. The molecule has 0 amide bonds. The van der Waals surface area contributed by atoms with Crippen LogP contribution >= 0.6 is 11.3 Å². The predicted molar refractivity (Wildman–Crippen MR) is 322 cm³/mol. The molecule has 0 bridgehead atoms. The molecular formula is C74H48N2S. The van der Waals surface area contributed by atoms with Crippen LogP contribution in [0.5, 0.6) is 0 Å². The average molecular weight is 997 g/mol. The molecule has 3 aliphatic rings. The van der Waals surface area contributed by atoms with Gasteiger partial charge in [0.15, 0.2) is 0 Å². The molecule has 2 nitrogen and oxygen atoms in total. The van der Waals surface area contributed by atoms with Crippen molar-refractivity contribution in [1.82, 2.24) is 0 Å². The number of benzene rings is 12. The molecule has 16 rings (SSSR count). The van der Waals surface area contributed by atoms with E-state index >= 15 is 0 Å². The van der Waals surface area contributed by atoms with Crippen LogP contribution in [0.2, 0.25) is 0 Å². The van der Waals surface area contributed by atoms with E-state index in [0.29, 0.717) is 0 Å². The monoisotopic (exact) mass is 996 g/mol. The summed E-state index contributed by atoms with van der Waals surface area (Å²) in [7, 11) is 0. The van der Waals surface area contributed by atoms with Crippen LogP contribution in [0.25, 0.3) is 53.6 Å². The molecule has 12 aromatic carbocycles. The van der Waals surface area contributed by atoms with Gasteiger partial charge in [-0.15, -0.1) is 11.3 Å². The maximum atomic E-state index is 2.52. The summed E-state index contributed by atoms with van der Waals surface area (Å²) in [6, 6.07) is 109. The lowest BCUT2D eigenvalue weighted by atomic mass is 9.64. The first-order chi connectivity index (χ1) is 38.2. The molecule has 1 spiro atoms. The summed E-state index contributed by atoms with van der Waals surface area (Å²) in [5, 5.41) is 2.62. The second-order valence-electron chi connectivity index (χ2n) is 20.7. The normalized spacial score (nSPS) is 13.9. The van der Waals surface area contributed by atoms with Gasteiger partial charge in [0.05, 0.1) is 22.2 Å². The van der Waals surface area contributed by atoms with Gasteiger partial charge in [0.1, 0.15) is 0 Å². The van der Waals surface area contributed by atoms with Crippen molar-refractivity contribution in [1.29, 1.82) is 0 Å². The zero-order valence-electron chi connectivity index (χ0n) is 42.0. The lowest BCUT2D eigenvalue weighted by molar-refractivity contribution is 0.752. The Hall–Kier alpha value is -9.54. The molecule has 0 saturated heterocycles. The van der Waals surface area contributed by atoms with Crippen molar-refractivity contribution in [2.45, 2.75) is 10.8 Å². The molecule has 0 unspecified atom stereocenters. The highest BCUT2D eigenvalue weighted by atomic mass is 32.1. The van der Waals surface area contributed by atoms with Crippen LogP contribution in [0.4, 0.5) is 34.1 Å². The van der Waals surface area contributed by atoms with Crippen LogP contribution in [-0.2, 0) is 10.8 Å². The molecule has 2 heterocycles. The van der Waals surface area contributed by atoms with Gasteiger partial charge in [0, 0.05) is 42.9 Å². The number of thiophene rings is 1. The van der Waals surface area contributed by atoms with Gasteiger partial charge >= 0.3 is 0 Å². The molecule has 0 radical (unpaired) electrons. The first kappa shape index (κ1) is 43.8. The minimum atomic E-state index is -0.615. The first-order valence-corrected chi connectivity index (χ1v) is 27.5. The number of rotatable bonds is 7. The quantitative estimate of drug-likeness (QED) is 0.157. The van der Waals surface area contributed by atoms with Crippen molar-refractivity contribution in [3.05, 3.63) is 336 Å². The molecule has 3 heteroatoms. The van der Waals surface area contributed by atoms with Crippen molar-refractivity contribution >= 4 is 65.6 Å². The molecule has 1 aromatic heterocycles. The molecule has 0 N–H and O–H groups in total. The summed E-state index contributed by atoms with van der Waals surface area (Å²) >= 11 is 1.86. The molecule has 0 fully saturated rings. The van der Waals surface area contributed by atoms with Crippen LogP contribution < -0.4 is 9.80 Å². The Morgan fingerprint density at radius 1 is 0.286 bits per heavy atom. The zero-order chi connectivity index (χ0) is 50.7. The van der Waals surface area contributed by atoms with E-state index in [1.165, 1.54) is 109 Å². The fraction of sp³-hybridized carbons (Fsp3) is 0.0270. The van der Waals surface area contributed by atoms with E-state index in [4.69, 9.17) is 0 Å². The van der Waals surface area contributed by atoms with Crippen molar-refractivity contribution < 1.29 is 0 Å². The number of hydrogen-bond donors (Lipinski definition) is 0. The highest BCUT2D eigenvalue weighted by Gasteiger charge is 2.52. The molecular weight excluding hydrogens is 949 g/mol. The van der Waals surface area contributed by atoms with Crippen LogP contribution in [-0.4, -0.2) is 0 Å². The van der Waals surface area contributed by atoms with Crippen molar-refractivity contribution in [2.24, 2.45) is 0 Å². The van der Waals surface area contributed by atoms with Gasteiger partial charge in [-0.1, -0.05) is 212 Å². The third kappa shape index (κ3) is 6.23. The molecule has 360 valence electrons. The van der Waals surface area contributed by atoms with Gasteiger partial charge < -0.3 is 9.80 Å². The number of hydrogen-bond acceptors (Lipinski definition) is 3. The second-order valence-corrected chi connectivity index (χ2v) is 21.8. The largest absolute Gasteiger partial charge is 0.310 e. The van der Waals surface area contributed by atoms with Crippen molar-refractivity contribution in [3.8, 4) is 33.4 Å². The third-order valence-corrected chi connectivity index (χ3v) is 18.1. The second kappa shape index (κ2) is 17.0. The summed E-state index contributed by atoms with van der Waals surface area (Å²) in [5.41, 5.74) is 23.2. The van der Waals surface area contributed by atoms with E-state index in [1.807, 2.05) is 11.3 Å². The summed E-state index contributed by atoms with van der Waals surface area (Å²) in [6.07, 6.45) is 0. The van der Waals surface area contributed by atoms with Crippen molar-refractivity contribution in [3.63, 3.8) is 0 Å². The Kier molecular flexibility index (Phi) is 9.67. The molecule has 0 saturated carbocycles. The van der Waals surface area contributed by atoms with Crippen LogP contribution in [0.1, 0.15) is 44.5 Å². The predicted octanol–water partition coefficient (Wildman–Crippen LogP) is 19.7. The van der Waals surface area contributed by atoms with E-state index in [-0.39, 0.29) is 0 Å². The highest BCUT2D eigenvalue weighted by molar-refractivity contribution is 7.25.